The highest BCUT2D eigenvalue weighted by atomic mass is 32.2. The minimum atomic E-state index is -4.06. The predicted octanol–water partition coefficient (Wildman–Crippen LogP) is -0.500. The van der Waals surface area contributed by atoms with Crippen LogP contribution in [0.4, 0.5) is 0 Å². The first-order valence-corrected chi connectivity index (χ1v) is 5.39. The Morgan fingerprint density at radius 1 is 1.31 bits per heavy atom. The van der Waals surface area contributed by atoms with Crippen molar-refractivity contribution in [2.45, 2.75) is 7.43 Å². The summed E-state index contributed by atoms with van der Waals surface area (Å²) in [5, 5.41) is 0. The van der Waals surface area contributed by atoms with Crippen molar-refractivity contribution in [2.24, 2.45) is 0 Å². The molecule has 6 heteroatoms. The lowest BCUT2D eigenvalue weighted by atomic mass is 10.4. The lowest BCUT2D eigenvalue weighted by molar-refractivity contribution is 0.0406. The summed E-state index contributed by atoms with van der Waals surface area (Å²) < 4.78 is 35.8. The molecule has 0 aromatic heterocycles. The summed E-state index contributed by atoms with van der Waals surface area (Å²) in [6, 6.07) is 0. The molecule has 1 aliphatic heterocycles. The minimum absolute atomic E-state index is 0. The summed E-state index contributed by atoms with van der Waals surface area (Å²) in [5.41, 5.74) is 0. The van der Waals surface area contributed by atoms with Crippen molar-refractivity contribution < 1.29 is 17.7 Å². The fraction of sp³-hybridized carbons (Fsp3) is 1.00. The van der Waals surface area contributed by atoms with Crippen molar-refractivity contribution in [3.8, 4) is 0 Å². The summed E-state index contributed by atoms with van der Waals surface area (Å²) in [5.74, 6) is -0.299. The fourth-order valence-electron chi connectivity index (χ4n) is 1.07. The van der Waals surface area contributed by atoms with Crippen molar-refractivity contribution in [1.82, 2.24) is 4.90 Å². The molecule has 0 aromatic rings. The highest BCUT2D eigenvalue weighted by Gasteiger charge is 2.10. The molecule has 13 heavy (non-hydrogen) atoms. The maximum Gasteiger partial charge on any atom is 0.0958 e. The topological polar surface area (TPSA) is 69.7 Å². The molecule has 0 N–H and O–H groups in total. The van der Waals surface area contributed by atoms with Gasteiger partial charge < -0.3 is 9.29 Å². The Morgan fingerprint density at radius 2 is 1.85 bits per heavy atom. The maximum absolute atomic E-state index is 10.3. The minimum Gasteiger partial charge on any atom is -0.748 e. The van der Waals surface area contributed by atoms with Gasteiger partial charge in [-0.1, -0.05) is 7.43 Å². The molecule has 0 atom stereocenters. The zero-order valence-corrected chi connectivity index (χ0v) is 7.55. The first-order chi connectivity index (χ1) is 5.58. The lowest BCUT2D eigenvalue weighted by Crippen LogP contribution is -2.39. The van der Waals surface area contributed by atoms with Crippen LogP contribution in [0.15, 0.2) is 0 Å². The van der Waals surface area contributed by atoms with E-state index in [1.165, 1.54) is 0 Å². The predicted molar refractivity (Wildman–Crippen MR) is 48.6 cm³/mol. The van der Waals surface area contributed by atoms with Gasteiger partial charge in [0.05, 0.1) is 29.1 Å². The molecule has 80 valence electrons. The number of morpholine rings is 1. The second-order valence-electron chi connectivity index (χ2n) is 2.72. The molecule has 1 fully saturated rings. The smallest absolute Gasteiger partial charge is 0.0958 e. The van der Waals surface area contributed by atoms with E-state index in [1.54, 1.807) is 0 Å². The van der Waals surface area contributed by atoms with E-state index in [-0.39, 0.29) is 13.2 Å². The van der Waals surface area contributed by atoms with Crippen LogP contribution in [0.2, 0.25) is 0 Å². The molecule has 1 heterocycles. The normalized spacial score (nSPS) is 19.5. The Kier molecular flexibility index (Phi) is 5.46. The van der Waals surface area contributed by atoms with Crippen LogP contribution in [0.5, 0.6) is 0 Å². The van der Waals surface area contributed by atoms with E-state index in [9.17, 15) is 13.0 Å². The highest BCUT2D eigenvalue weighted by molar-refractivity contribution is 7.85. The molecule has 0 radical (unpaired) electrons. The van der Waals surface area contributed by atoms with E-state index >= 15 is 0 Å². The molecule has 0 amide bonds. The first-order valence-electron chi connectivity index (χ1n) is 3.81. The average molecular weight is 210 g/mol. The number of hydrogen-bond acceptors (Lipinski definition) is 5. The summed E-state index contributed by atoms with van der Waals surface area (Å²) in [4.78, 5) is 1.92. The van der Waals surface area contributed by atoms with Gasteiger partial charge in [0.1, 0.15) is 0 Å². The average Bonchev–Trinajstić information content (AvgIpc) is 2.02. The van der Waals surface area contributed by atoms with Crippen LogP contribution < -0.4 is 0 Å². The van der Waals surface area contributed by atoms with Crippen LogP contribution in [0, 0.1) is 0 Å². The first kappa shape index (κ1) is 12.8. The van der Waals surface area contributed by atoms with Crippen molar-refractivity contribution in [3.05, 3.63) is 0 Å². The molecule has 0 spiro atoms. The molecule has 0 aromatic carbocycles. The zero-order valence-electron chi connectivity index (χ0n) is 6.73. The lowest BCUT2D eigenvalue weighted by Gasteiger charge is -2.26. The Labute approximate surface area is 79.4 Å². The van der Waals surface area contributed by atoms with Gasteiger partial charge in [-0.25, -0.2) is 8.42 Å². The standard InChI is InChI=1S/C6H13NO4S.CH4/c8-12(9,10)6-3-7-1-4-11-5-2-7;/h1-6H2,(H,8,9,10);1H4/p-1. The summed E-state index contributed by atoms with van der Waals surface area (Å²) >= 11 is 0. The van der Waals surface area contributed by atoms with Gasteiger partial charge in [-0.2, -0.15) is 0 Å². The third-order valence-corrected chi connectivity index (χ3v) is 2.44. The Morgan fingerprint density at radius 3 is 2.31 bits per heavy atom. The van der Waals surface area contributed by atoms with Crippen molar-refractivity contribution in [3.63, 3.8) is 0 Å². The van der Waals surface area contributed by atoms with Gasteiger partial charge in [-0.15, -0.1) is 0 Å². The maximum atomic E-state index is 10.3. The molecule has 5 nitrogen and oxygen atoms in total. The van der Waals surface area contributed by atoms with E-state index in [0.29, 0.717) is 19.8 Å². The Hall–Kier alpha value is -0.170. The van der Waals surface area contributed by atoms with Gasteiger partial charge in [-0.3, -0.25) is 4.90 Å². The third kappa shape index (κ3) is 5.98. The zero-order chi connectivity index (χ0) is 9.03. The molecular weight excluding hydrogens is 194 g/mol. The second-order valence-corrected chi connectivity index (χ2v) is 4.24. The number of rotatable bonds is 3. The van der Waals surface area contributed by atoms with E-state index in [1.807, 2.05) is 4.90 Å². The molecule has 0 unspecified atom stereocenters. The Bertz CT molecular complexity index is 221. The van der Waals surface area contributed by atoms with Crippen LogP contribution in [-0.2, 0) is 14.9 Å². The molecule has 0 saturated carbocycles. The molecule has 1 saturated heterocycles. The number of nitrogens with zero attached hydrogens (tertiary/aromatic N) is 1. The van der Waals surface area contributed by atoms with Gasteiger partial charge in [0.15, 0.2) is 0 Å². The van der Waals surface area contributed by atoms with Crippen LogP contribution in [-0.4, -0.2) is 56.5 Å². The number of hydrogen-bond donors (Lipinski definition) is 0. The van der Waals surface area contributed by atoms with E-state index in [4.69, 9.17) is 4.74 Å². The Balaban J connectivity index is 0.00000144. The van der Waals surface area contributed by atoms with Crippen LogP contribution in [0.3, 0.4) is 0 Å². The molecule has 0 aliphatic carbocycles. The molecule has 1 aliphatic rings. The van der Waals surface area contributed by atoms with Crippen LogP contribution >= 0.6 is 0 Å². The SMILES string of the molecule is C.O=S(=O)([O-])CCN1CCOCC1. The fourth-order valence-corrected chi connectivity index (χ4v) is 1.55. The van der Waals surface area contributed by atoms with Gasteiger partial charge >= 0.3 is 0 Å². The van der Waals surface area contributed by atoms with Gasteiger partial charge in [-0.05, 0) is 0 Å². The van der Waals surface area contributed by atoms with Crippen molar-refractivity contribution in [2.75, 3.05) is 38.6 Å². The van der Waals surface area contributed by atoms with E-state index in [2.05, 4.69) is 0 Å². The third-order valence-electron chi connectivity index (χ3n) is 1.76. The highest BCUT2D eigenvalue weighted by Crippen LogP contribution is 1.96. The van der Waals surface area contributed by atoms with Crippen molar-refractivity contribution in [1.29, 1.82) is 0 Å². The van der Waals surface area contributed by atoms with Crippen LogP contribution in [0.25, 0.3) is 0 Å². The summed E-state index contributed by atoms with van der Waals surface area (Å²) in [7, 11) is -4.06. The van der Waals surface area contributed by atoms with Gasteiger partial charge in [0, 0.05) is 19.6 Å². The summed E-state index contributed by atoms with van der Waals surface area (Å²) in [6.45, 7) is 3.01. The van der Waals surface area contributed by atoms with Gasteiger partial charge in [0.2, 0.25) is 0 Å². The summed E-state index contributed by atoms with van der Waals surface area (Å²) in [6.07, 6.45) is 0. The number of ether oxygens (including phenoxy) is 1. The quantitative estimate of drug-likeness (QED) is 0.587. The van der Waals surface area contributed by atoms with E-state index < -0.39 is 10.1 Å². The van der Waals surface area contributed by atoms with Gasteiger partial charge in [0.25, 0.3) is 0 Å². The molecular formula is C7H16NO4S-. The van der Waals surface area contributed by atoms with E-state index in [0.717, 1.165) is 13.1 Å². The second kappa shape index (κ2) is 5.54. The van der Waals surface area contributed by atoms with Crippen molar-refractivity contribution >= 4 is 10.1 Å². The van der Waals surface area contributed by atoms with Crippen LogP contribution in [0.1, 0.15) is 7.43 Å². The largest absolute Gasteiger partial charge is 0.748 e. The molecule has 1 rings (SSSR count). The monoisotopic (exact) mass is 210 g/mol. The molecule has 0 bridgehead atoms.